The maximum absolute atomic E-state index is 10.8. The molecule has 1 N–H and O–H groups in total. The molecule has 1 aliphatic rings. The molecule has 1 aromatic heterocycles. The van der Waals surface area contributed by atoms with Crippen LogP contribution in [0.4, 0.5) is 0 Å². The Labute approximate surface area is 106 Å². The molecule has 2 heterocycles. The molecular weight excluding hydrogens is 228 g/mol. The van der Waals surface area contributed by atoms with Gasteiger partial charge < -0.3 is 14.3 Å². The lowest BCUT2D eigenvalue weighted by molar-refractivity contribution is 0.0961. The third-order valence-corrected chi connectivity index (χ3v) is 3.54. The van der Waals surface area contributed by atoms with Gasteiger partial charge >= 0.3 is 0 Å². The third-order valence-electron chi connectivity index (χ3n) is 3.54. The molecule has 0 spiro atoms. The number of rotatable bonds is 2. The van der Waals surface area contributed by atoms with Crippen molar-refractivity contribution >= 4 is 0 Å². The summed E-state index contributed by atoms with van der Waals surface area (Å²) in [6.07, 6.45) is 5.18. The fourth-order valence-corrected chi connectivity index (χ4v) is 2.47. The second-order valence-electron chi connectivity index (χ2n) is 4.83. The first kappa shape index (κ1) is 11.4. The number of para-hydroxylation sites is 1. The van der Waals surface area contributed by atoms with E-state index in [9.17, 15) is 5.11 Å². The highest BCUT2D eigenvalue weighted by molar-refractivity contribution is 5.49. The monoisotopic (exact) mass is 244 g/mol. The molecule has 18 heavy (non-hydrogen) atoms. The summed E-state index contributed by atoms with van der Waals surface area (Å²) in [4.78, 5) is 0. The first-order chi connectivity index (χ1) is 8.69. The number of fused-ring (bicyclic) bond motifs is 1. The van der Waals surface area contributed by atoms with E-state index < -0.39 is 5.60 Å². The van der Waals surface area contributed by atoms with Gasteiger partial charge in [0, 0.05) is 11.1 Å². The van der Waals surface area contributed by atoms with Crippen LogP contribution in [-0.2, 0) is 12.0 Å². The standard InChI is InChI=1S/C15H16O3/c1-15(16,12-7-9-17-10-12)13-6-2-4-11-5-3-8-18-14(11)13/h2,4,6-7,9-10,16H,3,5,8H2,1H3. The predicted molar refractivity (Wildman–Crippen MR) is 67.6 cm³/mol. The average Bonchev–Trinajstić information content (AvgIpc) is 2.92. The zero-order chi connectivity index (χ0) is 12.6. The van der Waals surface area contributed by atoms with Gasteiger partial charge in [0.05, 0.1) is 19.1 Å². The Kier molecular flexibility index (Phi) is 2.63. The lowest BCUT2D eigenvalue weighted by Crippen LogP contribution is -2.25. The van der Waals surface area contributed by atoms with E-state index in [4.69, 9.17) is 9.15 Å². The maximum atomic E-state index is 10.8. The van der Waals surface area contributed by atoms with Gasteiger partial charge in [-0.05, 0) is 31.4 Å². The molecule has 3 heteroatoms. The van der Waals surface area contributed by atoms with Crippen molar-refractivity contribution in [2.45, 2.75) is 25.4 Å². The summed E-state index contributed by atoms with van der Waals surface area (Å²) in [5, 5.41) is 10.8. The van der Waals surface area contributed by atoms with Crippen molar-refractivity contribution in [3.8, 4) is 5.75 Å². The summed E-state index contributed by atoms with van der Waals surface area (Å²) >= 11 is 0. The normalized spacial score (nSPS) is 17.7. The van der Waals surface area contributed by atoms with Gasteiger partial charge in [-0.2, -0.15) is 0 Å². The minimum atomic E-state index is -1.09. The molecular formula is C15H16O3. The Morgan fingerprint density at radius 1 is 1.28 bits per heavy atom. The largest absolute Gasteiger partial charge is 0.493 e. The number of furan rings is 1. The summed E-state index contributed by atoms with van der Waals surface area (Å²) < 4.78 is 10.8. The van der Waals surface area contributed by atoms with Crippen LogP contribution in [0.25, 0.3) is 0 Å². The molecule has 0 radical (unpaired) electrons. The predicted octanol–water partition coefficient (Wildman–Crippen LogP) is 2.86. The molecule has 0 saturated heterocycles. The molecule has 0 amide bonds. The molecule has 2 aromatic rings. The fraction of sp³-hybridized carbons (Fsp3) is 0.333. The summed E-state index contributed by atoms with van der Waals surface area (Å²) in [5.74, 6) is 0.829. The van der Waals surface area contributed by atoms with Crippen LogP contribution in [0.3, 0.4) is 0 Å². The first-order valence-electron chi connectivity index (χ1n) is 6.20. The van der Waals surface area contributed by atoms with Gasteiger partial charge in [-0.3, -0.25) is 0 Å². The zero-order valence-corrected chi connectivity index (χ0v) is 10.3. The van der Waals surface area contributed by atoms with E-state index in [1.807, 2.05) is 12.1 Å². The first-order valence-corrected chi connectivity index (χ1v) is 6.20. The summed E-state index contributed by atoms with van der Waals surface area (Å²) in [7, 11) is 0. The Morgan fingerprint density at radius 2 is 2.17 bits per heavy atom. The minimum Gasteiger partial charge on any atom is -0.493 e. The van der Waals surface area contributed by atoms with Crippen LogP contribution >= 0.6 is 0 Å². The highest BCUT2D eigenvalue weighted by Gasteiger charge is 2.31. The van der Waals surface area contributed by atoms with Crippen LogP contribution in [0.1, 0.15) is 30.0 Å². The highest BCUT2D eigenvalue weighted by Crippen LogP contribution is 2.39. The van der Waals surface area contributed by atoms with Crippen LogP contribution in [0, 0.1) is 0 Å². The summed E-state index contributed by atoms with van der Waals surface area (Å²) in [5.41, 5.74) is 1.63. The van der Waals surface area contributed by atoms with Gasteiger partial charge in [-0.15, -0.1) is 0 Å². The van der Waals surface area contributed by atoms with Crippen LogP contribution in [0.15, 0.2) is 41.2 Å². The van der Waals surface area contributed by atoms with E-state index in [1.54, 1.807) is 25.5 Å². The number of benzene rings is 1. The molecule has 3 nitrogen and oxygen atoms in total. The molecule has 1 aliphatic heterocycles. The van der Waals surface area contributed by atoms with E-state index in [0.717, 1.165) is 29.7 Å². The van der Waals surface area contributed by atoms with Crippen molar-refractivity contribution in [1.29, 1.82) is 0 Å². The molecule has 0 fully saturated rings. The third kappa shape index (κ3) is 1.71. The van der Waals surface area contributed by atoms with Crippen LogP contribution in [0.2, 0.25) is 0 Å². The minimum absolute atomic E-state index is 0.714. The quantitative estimate of drug-likeness (QED) is 0.883. The topological polar surface area (TPSA) is 42.6 Å². The number of hydrogen-bond acceptors (Lipinski definition) is 3. The van der Waals surface area contributed by atoms with Gasteiger partial charge in [-0.1, -0.05) is 18.2 Å². The van der Waals surface area contributed by atoms with Gasteiger partial charge in [0.1, 0.15) is 11.4 Å². The van der Waals surface area contributed by atoms with E-state index in [0.29, 0.717) is 6.61 Å². The molecule has 1 atom stereocenters. The Morgan fingerprint density at radius 3 is 2.94 bits per heavy atom. The molecule has 0 saturated carbocycles. The number of ether oxygens (including phenoxy) is 1. The molecule has 3 rings (SSSR count). The Balaban J connectivity index is 2.12. The maximum Gasteiger partial charge on any atom is 0.128 e. The Bertz CT molecular complexity index is 541. The number of aryl methyl sites for hydroxylation is 1. The molecule has 94 valence electrons. The second kappa shape index (κ2) is 4.18. The fourth-order valence-electron chi connectivity index (χ4n) is 2.47. The van der Waals surface area contributed by atoms with Crippen LogP contribution in [-0.4, -0.2) is 11.7 Å². The van der Waals surface area contributed by atoms with Crippen molar-refractivity contribution in [2.24, 2.45) is 0 Å². The summed E-state index contributed by atoms with van der Waals surface area (Å²) in [6, 6.07) is 7.72. The molecule has 0 bridgehead atoms. The van der Waals surface area contributed by atoms with Crippen molar-refractivity contribution in [1.82, 2.24) is 0 Å². The second-order valence-corrected chi connectivity index (χ2v) is 4.83. The molecule has 0 aliphatic carbocycles. The van der Waals surface area contributed by atoms with Crippen LogP contribution < -0.4 is 4.74 Å². The smallest absolute Gasteiger partial charge is 0.128 e. The van der Waals surface area contributed by atoms with Gasteiger partial charge in [-0.25, -0.2) is 0 Å². The van der Waals surface area contributed by atoms with Crippen LogP contribution in [0.5, 0.6) is 5.75 Å². The zero-order valence-electron chi connectivity index (χ0n) is 10.3. The Hall–Kier alpha value is -1.74. The van der Waals surface area contributed by atoms with E-state index in [1.165, 1.54) is 5.56 Å². The molecule has 1 unspecified atom stereocenters. The SMILES string of the molecule is CC(O)(c1ccoc1)c1cccc2c1OCCC2. The average molecular weight is 244 g/mol. The lowest BCUT2D eigenvalue weighted by atomic mass is 9.87. The van der Waals surface area contributed by atoms with Crippen molar-refractivity contribution in [3.63, 3.8) is 0 Å². The van der Waals surface area contributed by atoms with Gasteiger partial charge in [0.25, 0.3) is 0 Å². The highest BCUT2D eigenvalue weighted by atomic mass is 16.5. The van der Waals surface area contributed by atoms with Gasteiger partial charge in [0.15, 0.2) is 0 Å². The summed E-state index contributed by atoms with van der Waals surface area (Å²) in [6.45, 7) is 2.48. The van der Waals surface area contributed by atoms with Crippen molar-refractivity contribution < 1.29 is 14.3 Å². The van der Waals surface area contributed by atoms with E-state index in [2.05, 4.69) is 6.07 Å². The van der Waals surface area contributed by atoms with Crippen molar-refractivity contribution in [2.75, 3.05) is 6.61 Å². The van der Waals surface area contributed by atoms with Crippen molar-refractivity contribution in [3.05, 3.63) is 53.5 Å². The van der Waals surface area contributed by atoms with E-state index in [-0.39, 0.29) is 0 Å². The number of hydrogen-bond donors (Lipinski definition) is 1. The van der Waals surface area contributed by atoms with E-state index >= 15 is 0 Å². The van der Waals surface area contributed by atoms with Gasteiger partial charge in [0.2, 0.25) is 0 Å². The number of aliphatic hydroxyl groups is 1. The lowest BCUT2D eigenvalue weighted by Gasteiger charge is -2.28. The molecule has 1 aromatic carbocycles.